The van der Waals surface area contributed by atoms with Gasteiger partial charge in [-0.1, -0.05) is 0 Å². The Morgan fingerprint density at radius 1 is 1.21 bits per heavy atom. The molecule has 0 saturated carbocycles. The summed E-state index contributed by atoms with van der Waals surface area (Å²) in [6, 6.07) is 4.18. The second kappa shape index (κ2) is 6.73. The Morgan fingerprint density at radius 2 is 1.89 bits per heavy atom. The Kier molecular flexibility index (Phi) is 4.99. The smallest absolute Gasteiger partial charge is 0.176 e. The summed E-state index contributed by atoms with van der Waals surface area (Å²) >= 11 is 0. The van der Waals surface area contributed by atoms with Crippen LogP contribution in [0.15, 0.2) is 18.3 Å². The van der Waals surface area contributed by atoms with E-state index in [1.807, 2.05) is 13.1 Å². The maximum absolute atomic E-state index is 5.23. The molecule has 0 spiro atoms. The van der Waals surface area contributed by atoms with Crippen molar-refractivity contribution in [2.75, 3.05) is 37.5 Å². The molecule has 0 radical (unpaired) electrons. The molecule has 5 nitrogen and oxygen atoms in total. The Labute approximate surface area is 114 Å². The lowest BCUT2D eigenvalue weighted by molar-refractivity contribution is -0.109. The number of anilines is 2. The molecule has 2 rings (SSSR count). The van der Waals surface area contributed by atoms with Crippen molar-refractivity contribution in [3.63, 3.8) is 0 Å². The van der Waals surface area contributed by atoms with Crippen molar-refractivity contribution >= 4 is 11.5 Å². The van der Waals surface area contributed by atoms with E-state index in [0.717, 1.165) is 24.6 Å². The summed E-state index contributed by atoms with van der Waals surface area (Å²) in [6.45, 7) is 4.25. The predicted octanol–water partition coefficient (Wildman–Crippen LogP) is 2.10. The molecule has 1 N–H and O–H groups in total. The average Bonchev–Trinajstić information content (AvgIpc) is 2.95. The minimum absolute atomic E-state index is 0.0643. The van der Waals surface area contributed by atoms with Gasteiger partial charge in [0, 0.05) is 27.3 Å². The third-order valence-electron chi connectivity index (χ3n) is 3.45. The summed E-state index contributed by atoms with van der Waals surface area (Å²) < 4.78 is 10.5. The average molecular weight is 265 g/mol. The van der Waals surface area contributed by atoms with E-state index >= 15 is 0 Å². The van der Waals surface area contributed by atoms with E-state index < -0.39 is 0 Å². The van der Waals surface area contributed by atoms with E-state index in [-0.39, 0.29) is 12.3 Å². The highest BCUT2D eigenvalue weighted by atomic mass is 16.7. The molecule has 1 fully saturated rings. The quantitative estimate of drug-likeness (QED) is 0.798. The number of rotatable bonds is 6. The second-order valence-electron chi connectivity index (χ2n) is 4.87. The van der Waals surface area contributed by atoms with E-state index in [9.17, 15) is 0 Å². The molecule has 1 aliphatic rings. The van der Waals surface area contributed by atoms with Gasteiger partial charge in [0.05, 0.1) is 17.9 Å². The number of ether oxygens (including phenoxy) is 2. The molecule has 1 saturated heterocycles. The summed E-state index contributed by atoms with van der Waals surface area (Å²) in [6.07, 6.45) is 4.13. The molecule has 1 unspecified atom stereocenters. The molecular formula is C14H23N3O2. The first-order valence-corrected chi connectivity index (χ1v) is 6.77. The number of pyridine rings is 1. The minimum atomic E-state index is -0.266. The monoisotopic (exact) mass is 265 g/mol. The molecule has 1 aromatic heterocycles. The Bertz CT molecular complexity index is 373. The van der Waals surface area contributed by atoms with Crippen LogP contribution in [0.1, 0.15) is 19.8 Å². The lowest BCUT2D eigenvalue weighted by atomic mass is 10.3. The normalized spacial score (nSPS) is 16.9. The summed E-state index contributed by atoms with van der Waals surface area (Å²) in [7, 11) is 3.28. The minimum Gasteiger partial charge on any atom is -0.376 e. The molecule has 1 aromatic rings. The van der Waals surface area contributed by atoms with Crippen molar-refractivity contribution in [2.45, 2.75) is 32.1 Å². The van der Waals surface area contributed by atoms with Crippen molar-refractivity contribution < 1.29 is 9.47 Å². The van der Waals surface area contributed by atoms with Crippen LogP contribution in [0.2, 0.25) is 0 Å². The van der Waals surface area contributed by atoms with Gasteiger partial charge in [-0.15, -0.1) is 0 Å². The van der Waals surface area contributed by atoms with Gasteiger partial charge in [-0.2, -0.15) is 0 Å². The fourth-order valence-electron chi connectivity index (χ4n) is 2.44. The van der Waals surface area contributed by atoms with E-state index in [4.69, 9.17) is 9.47 Å². The molecule has 0 amide bonds. The van der Waals surface area contributed by atoms with Crippen molar-refractivity contribution in [2.24, 2.45) is 0 Å². The number of hydrogen-bond donors (Lipinski definition) is 1. The first-order valence-electron chi connectivity index (χ1n) is 6.77. The van der Waals surface area contributed by atoms with Crippen LogP contribution in [0.25, 0.3) is 0 Å². The van der Waals surface area contributed by atoms with Gasteiger partial charge in [0.15, 0.2) is 6.29 Å². The van der Waals surface area contributed by atoms with Gasteiger partial charge in [0.2, 0.25) is 0 Å². The van der Waals surface area contributed by atoms with E-state index in [0.29, 0.717) is 0 Å². The van der Waals surface area contributed by atoms with Gasteiger partial charge in [0.25, 0.3) is 0 Å². The zero-order chi connectivity index (χ0) is 13.7. The molecule has 1 aliphatic heterocycles. The fourth-order valence-corrected chi connectivity index (χ4v) is 2.44. The Morgan fingerprint density at radius 3 is 2.42 bits per heavy atom. The van der Waals surface area contributed by atoms with Gasteiger partial charge < -0.3 is 19.7 Å². The number of nitrogens with one attached hydrogen (secondary N) is 1. The first kappa shape index (κ1) is 14.1. The summed E-state index contributed by atoms with van der Waals surface area (Å²) in [5, 5.41) is 3.33. The Balaban J connectivity index is 1.94. The summed E-state index contributed by atoms with van der Waals surface area (Å²) in [4.78, 5) is 6.83. The van der Waals surface area contributed by atoms with Crippen molar-refractivity contribution in [1.29, 1.82) is 0 Å². The largest absolute Gasteiger partial charge is 0.376 e. The summed E-state index contributed by atoms with van der Waals surface area (Å²) in [5.74, 6) is 1.06. The van der Waals surface area contributed by atoms with Gasteiger partial charge in [-0.3, -0.25) is 0 Å². The summed E-state index contributed by atoms with van der Waals surface area (Å²) in [5.41, 5.74) is 0.981. The second-order valence-corrected chi connectivity index (χ2v) is 4.87. The third-order valence-corrected chi connectivity index (χ3v) is 3.45. The molecular weight excluding hydrogens is 242 g/mol. The van der Waals surface area contributed by atoms with Gasteiger partial charge in [-0.25, -0.2) is 4.98 Å². The van der Waals surface area contributed by atoms with Gasteiger partial charge in [0.1, 0.15) is 5.82 Å². The van der Waals surface area contributed by atoms with E-state index in [2.05, 4.69) is 27.3 Å². The zero-order valence-corrected chi connectivity index (χ0v) is 11.9. The molecule has 2 heterocycles. The fraction of sp³-hybridized carbons (Fsp3) is 0.643. The number of hydrogen-bond acceptors (Lipinski definition) is 5. The first-order chi connectivity index (χ1) is 9.24. The van der Waals surface area contributed by atoms with Crippen LogP contribution in [-0.4, -0.2) is 44.6 Å². The van der Waals surface area contributed by atoms with Crippen LogP contribution in [0.5, 0.6) is 0 Å². The molecule has 19 heavy (non-hydrogen) atoms. The molecule has 1 atom stereocenters. The SMILES string of the molecule is COC(OC)C(C)Nc1ccc(N2CCCC2)nc1. The number of methoxy groups -OCH3 is 2. The lowest BCUT2D eigenvalue weighted by Gasteiger charge is -2.23. The molecule has 0 aliphatic carbocycles. The highest BCUT2D eigenvalue weighted by Gasteiger charge is 2.16. The molecule has 106 valence electrons. The van der Waals surface area contributed by atoms with Crippen LogP contribution < -0.4 is 10.2 Å². The standard InChI is InChI=1S/C14H23N3O2/c1-11(14(18-2)19-3)16-12-6-7-13(15-10-12)17-8-4-5-9-17/h6-7,10-11,14,16H,4-5,8-9H2,1-3H3. The van der Waals surface area contributed by atoms with Crippen LogP contribution in [-0.2, 0) is 9.47 Å². The predicted molar refractivity (Wildman–Crippen MR) is 76.6 cm³/mol. The van der Waals surface area contributed by atoms with Crippen LogP contribution >= 0.6 is 0 Å². The molecule has 5 heteroatoms. The lowest BCUT2D eigenvalue weighted by Crippen LogP contribution is -2.33. The van der Waals surface area contributed by atoms with Gasteiger partial charge >= 0.3 is 0 Å². The van der Waals surface area contributed by atoms with Crippen molar-refractivity contribution in [3.8, 4) is 0 Å². The molecule has 0 aromatic carbocycles. The maximum Gasteiger partial charge on any atom is 0.176 e. The van der Waals surface area contributed by atoms with E-state index in [1.165, 1.54) is 12.8 Å². The number of aromatic nitrogens is 1. The van der Waals surface area contributed by atoms with E-state index in [1.54, 1.807) is 14.2 Å². The topological polar surface area (TPSA) is 46.6 Å². The highest BCUT2D eigenvalue weighted by molar-refractivity contribution is 5.49. The third kappa shape index (κ3) is 3.58. The number of nitrogens with zero attached hydrogens (tertiary/aromatic N) is 2. The van der Waals surface area contributed by atoms with Crippen LogP contribution in [0, 0.1) is 0 Å². The van der Waals surface area contributed by atoms with Crippen molar-refractivity contribution in [1.82, 2.24) is 4.98 Å². The van der Waals surface area contributed by atoms with Crippen molar-refractivity contribution in [3.05, 3.63) is 18.3 Å². The molecule has 0 bridgehead atoms. The van der Waals surface area contributed by atoms with Crippen LogP contribution in [0.4, 0.5) is 11.5 Å². The zero-order valence-electron chi connectivity index (χ0n) is 11.9. The maximum atomic E-state index is 5.23. The highest BCUT2D eigenvalue weighted by Crippen LogP contribution is 2.19. The van der Waals surface area contributed by atoms with Gasteiger partial charge in [-0.05, 0) is 31.9 Å². The van der Waals surface area contributed by atoms with Crippen LogP contribution in [0.3, 0.4) is 0 Å². The Hall–Kier alpha value is -1.33.